The van der Waals surface area contributed by atoms with Crippen molar-refractivity contribution in [1.82, 2.24) is 15.5 Å². The van der Waals surface area contributed by atoms with E-state index in [-0.39, 0.29) is 17.8 Å². The number of carbonyl (C=O) groups excluding carboxylic acids is 1. The van der Waals surface area contributed by atoms with Crippen molar-refractivity contribution in [3.05, 3.63) is 63.6 Å². The lowest BCUT2D eigenvalue weighted by Crippen LogP contribution is -2.43. The Morgan fingerprint density at radius 3 is 2.91 bits per heavy atom. The normalized spacial score (nSPS) is 20.2. The van der Waals surface area contributed by atoms with Gasteiger partial charge in [0, 0.05) is 6.07 Å². The van der Waals surface area contributed by atoms with Crippen LogP contribution in [0.2, 0.25) is 0 Å². The third-order valence-electron chi connectivity index (χ3n) is 4.01. The maximum absolute atomic E-state index is 12.0. The van der Waals surface area contributed by atoms with Gasteiger partial charge in [-0.2, -0.15) is 5.10 Å². The van der Waals surface area contributed by atoms with Gasteiger partial charge in [0.15, 0.2) is 0 Å². The Hall–Kier alpha value is -2.47. The van der Waals surface area contributed by atoms with Crippen LogP contribution >= 0.6 is 0 Å². The van der Waals surface area contributed by atoms with Crippen LogP contribution in [0.4, 0.5) is 0 Å². The van der Waals surface area contributed by atoms with Crippen LogP contribution in [-0.4, -0.2) is 27.8 Å². The lowest BCUT2D eigenvalue weighted by atomic mass is 9.79. The van der Waals surface area contributed by atoms with E-state index in [1.807, 2.05) is 24.3 Å². The average molecular weight is 299 g/mol. The number of fused-ring (bicyclic) bond motifs is 1. The van der Waals surface area contributed by atoms with Gasteiger partial charge in [-0.3, -0.25) is 9.59 Å². The summed E-state index contributed by atoms with van der Waals surface area (Å²) in [6, 6.07) is 10.3. The smallest absolute Gasteiger partial charge is 0.271 e. The summed E-state index contributed by atoms with van der Waals surface area (Å²) in [4.78, 5) is 23.0. The number of aliphatic hydroxyl groups is 1. The number of aryl methyl sites for hydroxylation is 1. The van der Waals surface area contributed by atoms with Gasteiger partial charge in [0.05, 0.1) is 6.54 Å². The van der Waals surface area contributed by atoms with E-state index in [9.17, 15) is 14.7 Å². The van der Waals surface area contributed by atoms with E-state index in [1.54, 1.807) is 0 Å². The van der Waals surface area contributed by atoms with Gasteiger partial charge in [-0.15, -0.1) is 0 Å². The Morgan fingerprint density at radius 2 is 2.14 bits per heavy atom. The fraction of sp³-hybridized carbons (Fsp3) is 0.312. The average Bonchev–Trinajstić information content (AvgIpc) is 2.54. The minimum Gasteiger partial charge on any atom is -0.383 e. The van der Waals surface area contributed by atoms with Crippen LogP contribution in [0.3, 0.4) is 0 Å². The Bertz CT molecular complexity index is 736. The van der Waals surface area contributed by atoms with Crippen LogP contribution in [0.5, 0.6) is 0 Å². The third kappa shape index (κ3) is 2.78. The fourth-order valence-electron chi connectivity index (χ4n) is 2.87. The topological polar surface area (TPSA) is 95.1 Å². The van der Waals surface area contributed by atoms with E-state index in [1.165, 1.54) is 12.1 Å². The van der Waals surface area contributed by atoms with Crippen molar-refractivity contribution in [2.75, 3.05) is 6.54 Å². The van der Waals surface area contributed by atoms with Gasteiger partial charge in [0.25, 0.3) is 11.5 Å². The molecular formula is C16H17N3O3. The molecule has 1 aromatic heterocycles. The van der Waals surface area contributed by atoms with Crippen LogP contribution < -0.4 is 10.9 Å². The number of benzene rings is 1. The molecule has 114 valence electrons. The first kappa shape index (κ1) is 14.5. The molecule has 0 saturated carbocycles. The number of carbonyl (C=O) groups is 1. The molecule has 0 radical (unpaired) electrons. The summed E-state index contributed by atoms with van der Waals surface area (Å²) in [6.07, 6.45) is 2.41. The second kappa shape index (κ2) is 5.73. The zero-order valence-corrected chi connectivity index (χ0v) is 12.0. The highest BCUT2D eigenvalue weighted by Crippen LogP contribution is 2.34. The molecule has 1 heterocycles. The first-order valence-electron chi connectivity index (χ1n) is 7.23. The molecule has 2 aromatic rings. The maximum atomic E-state index is 12.0. The Balaban J connectivity index is 1.75. The van der Waals surface area contributed by atoms with Gasteiger partial charge in [-0.25, -0.2) is 5.10 Å². The van der Waals surface area contributed by atoms with E-state index < -0.39 is 11.5 Å². The molecule has 1 aromatic carbocycles. The van der Waals surface area contributed by atoms with Crippen molar-refractivity contribution in [3.63, 3.8) is 0 Å². The molecule has 0 unspecified atom stereocenters. The maximum Gasteiger partial charge on any atom is 0.271 e. The van der Waals surface area contributed by atoms with Crippen LogP contribution in [-0.2, 0) is 12.0 Å². The number of hydrogen-bond acceptors (Lipinski definition) is 4. The Labute approximate surface area is 127 Å². The van der Waals surface area contributed by atoms with Crippen molar-refractivity contribution in [2.45, 2.75) is 24.9 Å². The lowest BCUT2D eigenvalue weighted by molar-refractivity contribution is 0.0189. The molecule has 6 heteroatoms. The second-order valence-corrected chi connectivity index (χ2v) is 5.53. The first-order valence-corrected chi connectivity index (χ1v) is 7.23. The molecule has 6 nitrogen and oxygen atoms in total. The number of aromatic amines is 1. The van der Waals surface area contributed by atoms with Crippen LogP contribution in [0, 0.1) is 0 Å². The molecule has 0 aliphatic heterocycles. The van der Waals surface area contributed by atoms with E-state index in [2.05, 4.69) is 15.5 Å². The highest BCUT2D eigenvalue weighted by atomic mass is 16.3. The number of nitrogens with one attached hydrogen (secondary N) is 2. The summed E-state index contributed by atoms with van der Waals surface area (Å²) in [7, 11) is 0. The highest BCUT2D eigenvalue weighted by Gasteiger charge is 2.34. The summed E-state index contributed by atoms with van der Waals surface area (Å²) in [5.74, 6) is -0.423. The number of aromatic nitrogens is 2. The van der Waals surface area contributed by atoms with Crippen molar-refractivity contribution in [2.24, 2.45) is 0 Å². The quantitative estimate of drug-likeness (QED) is 0.778. The van der Waals surface area contributed by atoms with E-state index in [4.69, 9.17) is 0 Å². The molecule has 1 aliphatic carbocycles. The van der Waals surface area contributed by atoms with Gasteiger partial charge < -0.3 is 10.4 Å². The van der Waals surface area contributed by atoms with Crippen molar-refractivity contribution in [1.29, 1.82) is 0 Å². The van der Waals surface area contributed by atoms with E-state index in [0.717, 1.165) is 24.0 Å². The Kier molecular flexibility index (Phi) is 3.77. The molecule has 0 bridgehead atoms. The molecule has 3 rings (SSSR count). The summed E-state index contributed by atoms with van der Waals surface area (Å²) in [5, 5.41) is 19.5. The number of nitrogens with zero attached hydrogens (tertiary/aromatic N) is 1. The number of H-pyrrole nitrogens is 1. The molecule has 0 fully saturated rings. The molecule has 0 saturated heterocycles. The van der Waals surface area contributed by atoms with Crippen LogP contribution in [0.15, 0.2) is 41.2 Å². The molecular weight excluding hydrogens is 282 g/mol. The number of hydrogen-bond donors (Lipinski definition) is 3. The van der Waals surface area contributed by atoms with Gasteiger partial charge in [0.2, 0.25) is 0 Å². The zero-order chi connectivity index (χ0) is 15.6. The largest absolute Gasteiger partial charge is 0.383 e. The van der Waals surface area contributed by atoms with Crippen molar-refractivity contribution < 1.29 is 9.90 Å². The lowest BCUT2D eigenvalue weighted by Gasteiger charge is -2.34. The molecule has 1 amide bonds. The zero-order valence-electron chi connectivity index (χ0n) is 12.0. The van der Waals surface area contributed by atoms with Gasteiger partial charge in [-0.05, 0) is 36.5 Å². The van der Waals surface area contributed by atoms with Gasteiger partial charge in [-0.1, -0.05) is 24.3 Å². The standard InChI is InChI=1S/C16H17N3O3/c20-14-8-7-13(18-19-14)15(21)17-10-16(22)9-3-5-11-4-1-2-6-12(11)16/h1-2,4,6-8,22H,3,5,9-10H2,(H,17,21)(H,19,20)/t16-/m1/s1. The van der Waals surface area contributed by atoms with E-state index >= 15 is 0 Å². The van der Waals surface area contributed by atoms with Crippen molar-refractivity contribution in [3.8, 4) is 0 Å². The summed E-state index contributed by atoms with van der Waals surface area (Å²) in [6.45, 7) is 0.115. The summed E-state index contributed by atoms with van der Waals surface area (Å²) in [5.41, 5.74) is 0.680. The second-order valence-electron chi connectivity index (χ2n) is 5.53. The third-order valence-corrected chi connectivity index (χ3v) is 4.01. The fourth-order valence-corrected chi connectivity index (χ4v) is 2.87. The predicted molar refractivity (Wildman–Crippen MR) is 80.5 cm³/mol. The first-order chi connectivity index (χ1) is 10.6. The van der Waals surface area contributed by atoms with Gasteiger partial charge >= 0.3 is 0 Å². The SMILES string of the molecule is O=C(NC[C@]1(O)CCCc2ccccc21)c1ccc(=O)[nH]n1. The van der Waals surface area contributed by atoms with E-state index in [0.29, 0.717) is 6.42 Å². The molecule has 0 spiro atoms. The minimum atomic E-state index is -1.06. The van der Waals surface area contributed by atoms with Gasteiger partial charge in [0.1, 0.15) is 11.3 Å². The number of amides is 1. The minimum absolute atomic E-state index is 0.115. The highest BCUT2D eigenvalue weighted by molar-refractivity contribution is 5.92. The molecule has 3 N–H and O–H groups in total. The summed E-state index contributed by atoms with van der Waals surface area (Å²) >= 11 is 0. The predicted octanol–water partition coefficient (Wildman–Crippen LogP) is 0.724. The Morgan fingerprint density at radius 1 is 1.32 bits per heavy atom. The number of rotatable bonds is 3. The summed E-state index contributed by atoms with van der Waals surface area (Å²) < 4.78 is 0. The molecule has 1 aliphatic rings. The molecule has 22 heavy (non-hydrogen) atoms. The van der Waals surface area contributed by atoms with Crippen molar-refractivity contribution >= 4 is 5.91 Å². The molecule has 1 atom stereocenters. The monoisotopic (exact) mass is 299 g/mol. The van der Waals surface area contributed by atoms with Crippen LogP contribution in [0.25, 0.3) is 0 Å². The van der Waals surface area contributed by atoms with Crippen LogP contribution in [0.1, 0.15) is 34.5 Å².